The third kappa shape index (κ3) is 7.96. The van der Waals surface area contributed by atoms with Crippen molar-refractivity contribution in [1.82, 2.24) is 9.55 Å². The van der Waals surface area contributed by atoms with E-state index >= 15 is 0 Å². The average Bonchev–Trinajstić information content (AvgIpc) is 3.18. The number of rotatable bonds is 16. The van der Waals surface area contributed by atoms with Crippen LogP contribution >= 0.6 is 11.6 Å². The van der Waals surface area contributed by atoms with Crippen LogP contribution in [0.25, 0.3) is 22.4 Å². The van der Waals surface area contributed by atoms with Gasteiger partial charge in [-0.25, -0.2) is 4.98 Å². The van der Waals surface area contributed by atoms with E-state index in [1.54, 1.807) is 0 Å². The Bertz CT molecular complexity index is 897. The molecule has 3 heteroatoms. The maximum atomic E-state index is 6.09. The number of hydrogen-bond acceptors (Lipinski definition) is 1. The molecular weight excluding hydrogens is 412 g/mol. The van der Waals surface area contributed by atoms with Crippen LogP contribution in [0.5, 0.6) is 0 Å². The van der Waals surface area contributed by atoms with Crippen molar-refractivity contribution in [3.63, 3.8) is 0 Å². The van der Waals surface area contributed by atoms with Gasteiger partial charge < -0.3 is 4.57 Å². The molecule has 0 aliphatic rings. The summed E-state index contributed by atoms with van der Waals surface area (Å²) >= 11 is 6.09. The van der Waals surface area contributed by atoms with Gasteiger partial charge >= 0.3 is 0 Å². The second-order valence-corrected chi connectivity index (χ2v) is 9.62. The SMILES string of the molecule is CCCCCCCCCCCCCCCCn1c(-c2ccc(Cl)cc2)nc2ccccc21. The average molecular weight is 453 g/mol. The van der Waals surface area contributed by atoms with Gasteiger partial charge in [0.2, 0.25) is 0 Å². The Kier molecular flexibility index (Phi) is 11.2. The fraction of sp³-hybridized carbons (Fsp3) is 0.552. The predicted octanol–water partition coefficient (Wildman–Crippen LogP) is 9.84. The van der Waals surface area contributed by atoms with Crippen molar-refractivity contribution in [2.75, 3.05) is 0 Å². The van der Waals surface area contributed by atoms with Crippen LogP contribution in [-0.4, -0.2) is 9.55 Å². The number of imidazole rings is 1. The smallest absolute Gasteiger partial charge is 0.141 e. The van der Waals surface area contributed by atoms with E-state index in [0.29, 0.717) is 0 Å². The number of aryl methyl sites for hydroxylation is 1. The molecule has 1 aromatic heterocycles. The third-order valence-electron chi connectivity index (χ3n) is 6.49. The Morgan fingerprint density at radius 2 is 1.19 bits per heavy atom. The molecule has 0 saturated carbocycles. The maximum absolute atomic E-state index is 6.09. The first kappa shape index (κ1) is 24.8. The number of aromatic nitrogens is 2. The molecule has 0 N–H and O–H groups in total. The normalized spacial score (nSPS) is 11.4. The van der Waals surface area contributed by atoms with E-state index in [4.69, 9.17) is 16.6 Å². The van der Waals surface area contributed by atoms with Crippen LogP contribution in [0.15, 0.2) is 48.5 Å². The number of hydrogen-bond donors (Lipinski definition) is 0. The maximum Gasteiger partial charge on any atom is 0.141 e. The first-order valence-corrected chi connectivity index (χ1v) is 13.4. The largest absolute Gasteiger partial charge is 0.324 e. The van der Waals surface area contributed by atoms with Gasteiger partial charge in [0.25, 0.3) is 0 Å². The molecule has 0 unspecified atom stereocenters. The minimum atomic E-state index is 0.767. The predicted molar refractivity (Wildman–Crippen MR) is 140 cm³/mol. The van der Waals surface area contributed by atoms with E-state index in [1.807, 2.05) is 12.1 Å². The molecule has 0 fully saturated rings. The van der Waals surface area contributed by atoms with Gasteiger partial charge in [0.15, 0.2) is 0 Å². The molecule has 3 rings (SSSR count). The minimum Gasteiger partial charge on any atom is -0.324 e. The van der Waals surface area contributed by atoms with Crippen LogP contribution in [0.2, 0.25) is 5.02 Å². The molecule has 0 radical (unpaired) electrons. The van der Waals surface area contributed by atoms with E-state index in [0.717, 1.165) is 28.5 Å². The van der Waals surface area contributed by atoms with Crippen molar-refractivity contribution in [1.29, 1.82) is 0 Å². The summed E-state index contributed by atoms with van der Waals surface area (Å²) in [6.45, 7) is 3.31. The molecule has 3 aromatic rings. The van der Waals surface area contributed by atoms with Gasteiger partial charge in [-0.2, -0.15) is 0 Å². The fourth-order valence-electron chi connectivity index (χ4n) is 4.59. The summed E-state index contributed by atoms with van der Waals surface area (Å²) in [4.78, 5) is 4.92. The topological polar surface area (TPSA) is 17.8 Å². The lowest BCUT2D eigenvalue weighted by Gasteiger charge is -2.10. The zero-order chi connectivity index (χ0) is 22.4. The molecule has 0 bridgehead atoms. The zero-order valence-corrected chi connectivity index (χ0v) is 20.8. The van der Waals surface area contributed by atoms with Crippen LogP contribution < -0.4 is 0 Å². The monoisotopic (exact) mass is 452 g/mol. The van der Waals surface area contributed by atoms with Crippen LogP contribution in [0, 0.1) is 0 Å². The van der Waals surface area contributed by atoms with Gasteiger partial charge in [-0.15, -0.1) is 0 Å². The standard InChI is InChI=1S/C29H41ClN2/c1-2-3-4-5-6-7-8-9-10-11-12-13-14-17-24-32-28-19-16-15-18-27(28)31-29(32)25-20-22-26(30)23-21-25/h15-16,18-23H,2-14,17,24H2,1H3. The van der Waals surface area contributed by atoms with Crippen molar-refractivity contribution in [2.45, 2.75) is 103 Å². The molecule has 1 heterocycles. The highest BCUT2D eigenvalue weighted by molar-refractivity contribution is 6.30. The molecule has 0 aliphatic heterocycles. The van der Waals surface area contributed by atoms with E-state index in [2.05, 4.69) is 47.9 Å². The van der Waals surface area contributed by atoms with E-state index < -0.39 is 0 Å². The first-order valence-electron chi connectivity index (χ1n) is 13.0. The highest BCUT2D eigenvalue weighted by Gasteiger charge is 2.12. The number of halogens is 1. The van der Waals surface area contributed by atoms with Gasteiger partial charge in [-0.05, 0) is 42.8 Å². The first-order chi connectivity index (χ1) is 15.8. The Morgan fingerprint density at radius 3 is 1.78 bits per heavy atom. The third-order valence-corrected chi connectivity index (χ3v) is 6.74. The van der Waals surface area contributed by atoms with Gasteiger partial charge in [0.05, 0.1) is 11.0 Å². The van der Waals surface area contributed by atoms with E-state index in [1.165, 1.54) is 95.4 Å². The number of para-hydroxylation sites is 2. The number of benzene rings is 2. The quantitative estimate of drug-likeness (QED) is 0.198. The Balaban J connectivity index is 1.35. The summed E-state index contributed by atoms with van der Waals surface area (Å²) in [6, 6.07) is 16.5. The second-order valence-electron chi connectivity index (χ2n) is 9.18. The fourth-order valence-corrected chi connectivity index (χ4v) is 4.71. The molecule has 174 valence electrons. The molecule has 0 atom stereocenters. The Morgan fingerprint density at radius 1 is 0.656 bits per heavy atom. The zero-order valence-electron chi connectivity index (χ0n) is 20.0. The van der Waals surface area contributed by atoms with Gasteiger partial charge in [0, 0.05) is 17.1 Å². The van der Waals surface area contributed by atoms with Crippen LogP contribution in [0.4, 0.5) is 0 Å². The highest BCUT2D eigenvalue weighted by atomic mass is 35.5. The van der Waals surface area contributed by atoms with Gasteiger partial charge in [-0.3, -0.25) is 0 Å². The Labute approximate surface area is 200 Å². The number of fused-ring (bicyclic) bond motifs is 1. The summed E-state index contributed by atoms with van der Waals surface area (Å²) in [5.74, 6) is 1.05. The van der Waals surface area contributed by atoms with Gasteiger partial charge in [-0.1, -0.05) is 114 Å². The number of nitrogens with zero attached hydrogens (tertiary/aromatic N) is 2. The van der Waals surface area contributed by atoms with Crippen LogP contribution in [0.1, 0.15) is 96.8 Å². The molecule has 0 saturated heterocycles. The molecule has 0 aliphatic carbocycles. The van der Waals surface area contributed by atoms with Crippen molar-refractivity contribution in [3.05, 3.63) is 53.6 Å². The molecule has 32 heavy (non-hydrogen) atoms. The van der Waals surface area contributed by atoms with Crippen molar-refractivity contribution in [2.24, 2.45) is 0 Å². The number of unbranched alkanes of at least 4 members (excludes halogenated alkanes) is 13. The van der Waals surface area contributed by atoms with E-state index in [9.17, 15) is 0 Å². The lowest BCUT2D eigenvalue weighted by atomic mass is 10.0. The van der Waals surface area contributed by atoms with E-state index in [-0.39, 0.29) is 0 Å². The molecule has 2 aromatic carbocycles. The summed E-state index contributed by atoms with van der Waals surface area (Å²) in [6.07, 6.45) is 19.5. The van der Waals surface area contributed by atoms with Crippen LogP contribution in [-0.2, 0) is 6.54 Å². The lowest BCUT2D eigenvalue weighted by molar-refractivity contribution is 0.526. The summed E-state index contributed by atoms with van der Waals surface area (Å²) in [7, 11) is 0. The van der Waals surface area contributed by atoms with Crippen molar-refractivity contribution >= 4 is 22.6 Å². The highest BCUT2D eigenvalue weighted by Crippen LogP contribution is 2.26. The summed E-state index contributed by atoms with van der Waals surface area (Å²) < 4.78 is 2.39. The molecule has 0 spiro atoms. The van der Waals surface area contributed by atoms with Crippen molar-refractivity contribution in [3.8, 4) is 11.4 Å². The molecular formula is C29H41ClN2. The molecule has 0 amide bonds. The van der Waals surface area contributed by atoms with Crippen molar-refractivity contribution < 1.29 is 0 Å². The summed E-state index contributed by atoms with van der Waals surface area (Å²) in [5, 5.41) is 0.767. The molecule has 2 nitrogen and oxygen atoms in total. The van der Waals surface area contributed by atoms with Crippen LogP contribution in [0.3, 0.4) is 0 Å². The Hall–Kier alpha value is -1.80. The minimum absolute atomic E-state index is 0.767. The summed E-state index contributed by atoms with van der Waals surface area (Å²) in [5.41, 5.74) is 3.44. The second kappa shape index (κ2) is 14.4. The lowest BCUT2D eigenvalue weighted by Crippen LogP contribution is -2.01. The van der Waals surface area contributed by atoms with Gasteiger partial charge in [0.1, 0.15) is 5.82 Å².